The molecule has 0 aromatic carbocycles. The molecule has 5 nitrogen and oxygen atoms in total. The number of aromatic nitrogens is 2. The van der Waals surface area contributed by atoms with Crippen molar-refractivity contribution < 1.29 is 4.79 Å². The van der Waals surface area contributed by atoms with Gasteiger partial charge in [0.2, 0.25) is 0 Å². The SMILES string of the molecule is C[C@H]1CCCCN1CCCCNC(=O)c1ccn[nH]1. The molecule has 106 valence electrons. The zero-order valence-corrected chi connectivity index (χ0v) is 11.7. The van der Waals surface area contributed by atoms with Gasteiger partial charge in [-0.25, -0.2) is 0 Å². The van der Waals surface area contributed by atoms with Gasteiger partial charge < -0.3 is 10.2 Å². The summed E-state index contributed by atoms with van der Waals surface area (Å²) in [7, 11) is 0. The van der Waals surface area contributed by atoms with Gasteiger partial charge in [-0.3, -0.25) is 9.89 Å². The molecule has 2 heterocycles. The Hall–Kier alpha value is -1.36. The van der Waals surface area contributed by atoms with Crippen molar-refractivity contribution in [1.29, 1.82) is 0 Å². The molecule has 5 heteroatoms. The van der Waals surface area contributed by atoms with Crippen molar-refractivity contribution in [3.63, 3.8) is 0 Å². The fraction of sp³-hybridized carbons (Fsp3) is 0.714. The van der Waals surface area contributed by atoms with Gasteiger partial charge in [0.1, 0.15) is 5.69 Å². The smallest absolute Gasteiger partial charge is 0.269 e. The van der Waals surface area contributed by atoms with E-state index in [1.165, 1.54) is 25.8 Å². The second-order valence-electron chi connectivity index (χ2n) is 5.31. The normalized spacial score (nSPS) is 20.4. The fourth-order valence-electron chi connectivity index (χ4n) is 2.61. The first-order valence-electron chi connectivity index (χ1n) is 7.29. The van der Waals surface area contributed by atoms with Gasteiger partial charge in [0.25, 0.3) is 5.91 Å². The van der Waals surface area contributed by atoms with Crippen molar-refractivity contribution in [2.45, 2.75) is 45.1 Å². The Balaban J connectivity index is 1.56. The number of hydrogen-bond acceptors (Lipinski definition) is 3. The van der Waals surface area contributed by atoms with Crippen molar-refractivity contribution in [1.82, 2.24) is 20.4 Å². The Morgan fingerprint density at radius 1 is 1.53 bits per heavy atom. The molecule has 1 amide bonds. The molecule has 1 aromatic rings. The average molecular weight is 264 g/mol. The lowest BCUT2D eigenvalue weighted by molar-refractivity contribution is 0.0946. The minimum atomic E-state index is -0.0659. The summed E-state index contributed by atoms with van der Waals surface area (Å²) in [4.78, 5) is 14.2. The van der Waals surface area contributed by atoms with Gasteiger partial charge in [0.05, 0.1) is 0 Å². The Morgan fingerprint density at radius 2 is 2.42 bits per heavy atom. The highest BCUT2D eigenvalue weighted by Gasteiger charge is 2.17. The van der Waals surface area contributed by atoms with E-state index in [2.05, 4.69) is 27.3 Å². The number of carbonyl (C=O) groups is 1. The van der Waals surface area contributed by atoms with Crippen LogP contribution in [0.1, 0.15) is 49.5 Å². The standard InChI is InChI=1S/C14H24N4O/c1-12-6-2-4-10-18(12)11-5-3-8-15-14(19)13-7-9-16-17-13/h7,9,12H,2-6,8,10-11H2,1H3,(H,15,19)(H,16,17)/t12-/m0/s1. The van der Waals surface area contributed by atoms with Crippen LogP contribution in [0.4, 0.5) is 0 Å². The second-order valence-corrected chi connectivity index (χ2v) is 5.31. The van der Waals surface area contributed by atoms with Crippen LogP contribution < -0.4 is 5.32 Å². The second kappa shape index (κ2) is 7.28. The van der Waals surface area contributed by atoms with E-state index >= 15 is 0 Å². The molecule has 0 spiro atoms. The van der Waals surface area contributed by atoms with Crippen LogP contribution in [0.25, 0.3) is 0 Å². The maximum Gasteiger partial charge on any atom is 0.269 e. The molecule has 0 radical (unpaired) electrons. The first-order valence-corrected chi connectivity index (χ1v) is 7.29. The van der Waals surface area contributed by atoms with Crippen LogP contribution in [0.3, 0.4) is 0 Å². The molecular weight excluding hydrogens is 240 g/mol. The van der Waals surface area contributed by atoms with Crippen molar-refractivity contribution in [3.8, 4) is 0 Å². The first-order chi connectivity index (χ1) is 9.27. The van der Waals surface area contributed by atoms with Crippen molar-refractivity contribution in [2.24, 2.45) is 0 Å². The van der Waals surface area contributed by atoms with Crippen LogP contribution in [0, 0.1) is 0 Å². The van der Waals surface area contributed by atoms with Crippen LogP contribution in [0.15, 0.2) is 12.3 Å². The zero-order chi connectivity index (χ0) is 13.5. The number of nitrogens with one attached hydrogen (secondary N) is 2. The van der Waals surface area contributed by atoms with Crippen molar-refractivity contribution in [3.05, 3.63) is 18.0 Å². The summed E-state index contributed by atoms with van der Waals surface area (Å²) >= 11 is 0. The average Bonchev–Trinajstić information content (AvgIpc) is 2.94. The number of H-pyrrole nitrogens is 1. The molecule has 1 saturated heterocycles. The van der Waals surface area contributed by atoms with Gasteiger partial charge in [0.15, 0.2) is 0 Å². The number of nitrogens with zero attached hydrogens (tertiary/aromatic N) is 2. The molecule has 1 aromatic heterocycles. The molecule has 2 N–H and O–H groups in total. The number of aromatic amines is 1. The number of piperidine rings is 1. The van der Waals surface area contributed by atoms with E-state index in [1.54, 1.807) is 12.3 Å². The molecule has 0 unspecified atom stereocenters. The van der Waals surface area contributed by atoms with Gasteiger partial charge >= 0.3 is 0 Å². The predicted molar refractivity (Wildman–Crippen MR) is 75.0 cm³/mol. The number of rotatable bonds is 6. The number of unbranched alkanes of at least 4 members (excludes halogenated alkanes) is 1. The molecular formula is C14H24N4O. The maximum absolute atomic E-state index is 11.6. The Morgan fingerprint density at radius 3 is 3.16 bits per heavy atom. The van der Waals surface area contributed by atoms with Crippen LogP contribution in [-0.4, -0.2) is 46.7 Å². The van der Waals surface area contributed by atoms with E-state index in [9.17, 15) is 4.79 Å². The van der Waals surface area contributed by atoms with Gasteiger partial charge in [-0.15, -0.1) is 0 Å². The first kappa shape index (κ1) is 14.1. The Kier molecular flexibility index (Phi) is 5.39. The molecule has 1 aliphatic heterocycles. The van der Waals surface area contributed by atoms with E-state index in [0.717, 1.165) is 32.0 Å². The summed E-state index contributed by atoms with van der Waals surface area (Å²) in [5, 5.41) is 9.33. The topological polar surface area (TPSA) is 61.0 Å². The molecule has 0 saturated carbocycles. The van der Waals surface area contributed by atoms with Gasteiger partial charge in [-0.1, -0.05) is 6.42 Å². The monoisotopic (exact) mass is 264 g/mol. The highest BCUT2D eigenvalue weighted by atomic mass is 16.1. The quantitative estimate of drug-likeness (QED) is 0.770. The van der Waals surface area contributed by atoms with E-state index in [-0.39, 0.29) is 5.91 Å². The van der Waals surface area contributed by atoms with Crippen LogP contribution >= 0.6 is 0 Å². The molecule has 1 aliphatic rings. The minimum absolute atomic E-state index is 0.0659. The summed E-state index contributed by atoms with van der Waals surface area (Å²) in [6.07, 6.45) is 7.80. The predicted octanol–water partition coefficient (Wildman–Crippen LogP) is 1.79. The molecule has 19 heavy (non-hydrogen) atoms. The highest BCUT2D eigenvalue weighted by Crippen LogP contribution is 2.16. The van der Waals surface area contributed by atoms with E-state index in [1.807, 2.05) is 0 Å². The third kappa shape index (κ3) is 4.35. The van der Waals surface area contributed by atoms with E-state index in [4.69, 9.17) is 0 Å². The number of hydrogen-bond donors (Lipinski definition) is 2. The molecule has 2 rings (SSSR count). The van der Waals surface area contributed by atoms with Gasteiger partial charge in [0, 0.05) is 18.8 Å². The maximum atomic E-state index is 11.6. The number of carbonyl (C=O) groups excluding carboxylic acids is 1. The zero-order valence-electron chi connectivity index (χ0n) is 11.7. The third-order valence-corrected chi connectivity index (χ3v) is 3.84. The number of likely N-dealkylation sites (tertiary alicyclic amines) is 1. The lowest BCUT2D eigenvalue weighted by Gasteiger charge is -2.33. The van der Waals surface area contributed by atoms with Crippen LogP contribution in [0.2, 0.25) is 0 Å². The largest absolute Gasteiger partial charge is 0.351 e. The summed E-state index contributed by atoms with van der Waals surface area (Å²) in [5.41, 5.74) is 0.532. The lowest BCUT2D eigenvalue weighted by Crippen LogP contribution is -2.38. The molecule has 1 fully saturated rings. The van der Waals surface area contributed by atoms with Gasteiger partial charge in [-0.05, 0) is 51.8 Å². The minimum Gasteiger partial charge on any atom is -0.351 e. The fourth-order valence-corrected chi connectivity index (χ4v) is 2.61. The van der Waals surface area contributed by atoms with E-state index in [0.29, 0.717) is 5.69 Å². The lowest BCUT2D eigenvalue weighted by atomic mass is 10.0. The molecule has 0 aliphatic carbocycles. The van der Waals surface area contributed by atoms with Crippen molar-refractivity contribution in [2.75, 3.05) is 19.6 Å². The Bertz CT molecular complexity index is 377. The summed E-state index contributed by atoms with van der Waals surface area (Å²) < 4.78 is 0. The van der Waals surface area contributed by atoms with Crippen LogP contribution in [-0.2, 0) is 0 Å². The van der Waals surface area contributed by atoms with Crippen LogP contribution in [0.5, 0.6) is 0 Å². The summed E-state index contributed by atoms with van der Waals surface area (Å²) in [6, 6.07) is 2.42. The molecule has 0 bridgehead atoms. The Labute approximate surface area is 114 Å². The van der Waals surface area contributed by atoms with E-state index < -0.39 is 0 Å². The highest BCUT2D eigenvalue weighted by molar-refractivity contribution is 5.91. The third-order valence-electron chi connectivity index (χ3n) is 3.84. The summed E-state index contributed by atoms with van der Waals surface area (Å²) in [6.45, 7) is 5.45. The van der Waals surface area contributed by atoms with Gasteiger partial charge in [-0.2, -0.15) is 5.10 Å². The van der Waals surface area contributed by atoms with Crippen molar-refractivity contribution >= 4 is 5.91 Å². The number of amides is 1. The molecule has 1 atom stereocenters. The summed E-state index contributed by atoms with van der Waals surface area (Å²) in [5.74, 6) is -0.0659.